The molecule has 0 aliphatic carbocycles. The zero-order chi connectivity index (χ0) is 16.9. The van der Waals surface area contributed by atoms with Crippen LogP contribution in [0.1, 0.15) is 23.0 Å². The Balaban J connectivity index is 1.82. The molecule has 120 valence electrons. The van der Waals surface area contributed by atoms with Crippen LogP contribution >= 0.6 is 0 Å². The number of nitrogens with zero attached hydrogens (tertiary/aromatic N) is 1. The summed E-state index contributed by atoms with van der Waals surface area (Å²) in [6.07, 6.45) is 0. The van der Waals surface area contributed by atoms with Gasteiger partial charge in [0, 0.05) is 23.6 Å². The third-order valence-corrected chi connectivity index (χ3v) is 3.53. The van der Waals surface area contributed by atoms with E-state index in [4.69, 9.17) is 4.74 Å². The lowest BCUT2D eigenvalue weighted by Crippen LogP contribution is -2.15. The summed E-state index contributed by atoms with van der Waals surface area (Å²) < 4.78 is 5.01. The number of pyridine rings is 1. The standard InChI is InChI=1S/C19H16N2O3/c1-13(22)24-12-15-7-3-5-9-17(15)21-19(23)18-11-10-14-6-2-4-8-16(14)20-18/h2-11H,12H2,1H3,(H,21,23). The number of carbonyl (C=O) groups is 2. The van der Waals surface area contributed by atoms with Crippen molar-refractivity contribution in [2.75, 3.05) is 5.32 Å². The Morgan fingerprint density at radius 1 is 1.00 bits per heavy atom. The van der Waals surface area contributed by atoms with E-state index in [1.807, 2.05) is 36.4 Å². The van der Waals surface area contributed by atoms with Crippen LogP contribution in [0.4, 0.5) is 5.69 Å². The van der Waals surface area contributed by atoms with Crippen LogP contribution in [-0.4, -0.2) is 16.9 Å². The average molecular weight is 320 g/mol. The second kappa shape index (κ2) is 6.91. The highest BCUT2D eigenvalue weighted by molar-refractivity contribution is 6.04. The molecular weight excluding hydrogens is 304 g/mol. The average Bonchev–Trinajstić information content (AvgIpc) is 2.60. The number of aromatic nitrogens is 1. The van der Waals surface area contributed by atoms with Crippen LogP contribution < -0.4 is 5.32 Å². The fourth-order valence-electron chi connectivity index (χ4n) is 2.33. The fourth-order valence-corrected chi connectivity index (χ4v) is 2.33. The van der Waals surface area contributed by atoms with Gasteiger partial charge in [0.25, 0.3) is 5.91 Å². The zero-order valence-corrected chi connectivity index (χ0v) is 13.2. The minimum absolute atomic E-state index is 0.108. The predicted molar refractivity (Wildman–Crippen MR) is 91.6 cm³/mol. The van der Waals surface area contributed by atoms with Crippen LogP contribution in [0.2, 0.25) is 0 Å². The summed E-state index contributed by atoms with van der Waals surface area (Å²) in [6.45, 7) is 1.46. The van der Waals surface area contributed by atoms with Crippen molar-refractivity contribution in [3.05, 3.63) is 71.9 Å². The van der Waals surface area contributed by atoms with E-state index in [2.05, 4.69) is 10.3 Å². The molecule has 1 amide bonds. The number of ether oxygens (including phenoxy) is 1. The van der Waals surface area contributed by atoms with Crippen LogP contribution in [0.3, 0.4) is 0 Å². The van der Waals surface area contributed by atoms with E-state index in [-0.39, 0.29) is 18.5 Å². The van der Waals surface area contributed by atoms with Gasteiger partial charge in [-0.25, -0.2) is 4.98 Å². The van der Waals surface area contributed by atoms with E-state index in [0.29, 0.717) is 11.4 Å². The van der Waals surface area contributed by atoms with Gasteiger partial charge in [0.15, 0.2) is 0 Å². The first-order valence-corrected chi connectivity index (χ1v) is 7.52. The third-order valence-electron chi connectivity index (χ3n) is 3.53. The molecule has 0 aliphatic heterocycles. The van der Waals surface area contributed by atoms with Gasteiger partial charge in [0.2, 0.25) is 0 Å². The molecule has 0 atom stereocenters. The zero-order valence-electron chi connectivity index (χ0n) is 13.2. The molecule has 1 heterocycles. The number of anilines is 1. The van der Waals surface area contributed by atoms with Crippen molar-refractivity contribution in [2.45, 2.75) is 13.5 Å². The summed E-state index contributed by atoms with van der Waals surface area (Å²) in [5.74, 6) is -0.677. The largest absolute Gasteiger partial charge is 0.461 e. The third kappa shape index (κ3) is 3.57. The molecule has 0 unspecified atom stereocenters. The van der Waals surface area contributed by atoms with Crippen LogP contribution in [-0.2, 0) is 16.1 Å². The van der Waals surface area contributed by atoms with E-state index in [1.165, 1.54) is 6.92 Å². The van der Waals surface area contributed by atoms with Crippen molar-refractivity contribution in [3.8, 4) is 0 Å². The molecule has 0 fully saturated rings. The Bertz CT molecular complexity index is 906. The molecule has 0 aliphatic rings. The Kier molecular flexibility index (Phi) is 4.52. The van der Waals surface area contributed by atoms with Gasteiger partial charge in [-0.15, -0.1) is 0 Å². The molecule has 5 heteroatoms. The minimum atomic E-state index is -0.368. The maximum absolute atomic E-state index is 12.5. The first kappa shape index (κ1) is 15.7. The van der Waals surface area contributed by atoms with Gasteiger partial charge in [-0.1, -0.05) is 42.5 Å². The number of amides is 1. The van der Waals surface area contributed by atoms with Crippen LogP contribution in [0.25, 0.3) is 10.9 Å². The van der Waals surface area contributed by atoms with E-state index in [9.17, 15) is 9.59 Å². The Morgan fingerprint density at radius 2 is 1.75 bits per heavy atom. The lowest BCUT2D eigenvalue weighted by atomic mass is 10.1. The molecule has 0 radical (unpaired) electrons. The highest BCUT2D eigenvalue weighted by Gasteiger charge is 2.11. The monoisotopic (exact) mass is 320 g/mol. The van der Waals surface area contributed by atoms with Crippen molar-refractivity contribution >= 4 is 28.5 Å². The van der Waals surface area contributed by atoms with Gasteiger partial charge in [-0.05, 0) is 18.2 Å². The summed E-state index contributed by atoms with van der Waals surface area (Å²) in [7, 11) is 0. The van der Waals surface area contributed by atoms with Gasteiger partial charge in [0.1, 0.15) is 12.3 Å². The van der Waals surface area contributed by atoms with Gasteiger partial charge in [-0.3, -0.25) is 9.59 Å². The van der Waals surface area contributed by atoms with Crippen LogP contribution in [0, 0.1) is 0 Å². The summed E-state index contributed by atoms with van der Waals surface area (Å²) in [6, 6.07) is 18.3. The minimum Gasteiger partial charge on any atom is -0.461 e. The van der Waals surface area contributed by atoms with Crippen molar-refractivity contribution < 1.29 is 14.3 Å². The maximum atomic E-state index is 12.5. The molecule has 3 rings (SSSR count). The Hall–Kier alpha value is -3.21. The smallest absolute Gasteiger partial charge is 0.302 e. The molecule has 0 spiro atoms. The molecule has 5 nitrogen and oxygen atoms in total. The molecule has 0 saturated heterocycles. The van der Waals surface area contributed by atoms with Crippen molar-refractivity contribution in [2.24, 2.45) is 0 Å². The summed E-state index contributed by atoms with van der Waals surface area (Å²) in [5, 5.41) is 3.80. The summed E-state index contributed by atoms with van der Waals surface area (Å²) in [4.78, 5) is 27.8. The SMILES string of the molecule is CC(=O)OCc1ccccc1NC(=O)c1ccc2ccccc2n1. The molecule has 1 N–H and O–H groups in total. The second-order valence-corrected chi connectivity index (χ2v) is 5.28. The van der Waals surface area contributed by atoms with Gasteiger partial charge >= 0.3 is 5.97 Å². The molecule has 1 aromatic heterocycles. The van der Waals surface area contributed by atoms with Gasteiger partial charge in [0.05, 0.1) is 5.52 Å². The fraction of sp³-hybridized carbons (Fsp3) is 0.105. The first-order chi connectivity index (χ1) is 11.6. The molecule has 3 aromatic rings. The Labute approximate surface area is 139 Å². The van der Waals surface area contributed by atoms with Crippen LogP contribution in [0.15, 0.2) is 60.7 Å². The second-order valence-electron chi connectivity index (χ2n) is 5.28. The number of benzene rings is 2. The number of carbonyl (C=O) groups excluding carboxylic acids is 2. The van der Waals surface area contributed by atoms with Crippen LogP contribution in [0.5, 0.6) is 0 Å². The van der Waals surface area contributed by atoms with E-state index >= 15 is 0 Å². The number of nitrogens with one attached hydrogen (secondary N) is 1. The van der Waals surface area contributed by atoms with Crippen molar-refractivity contribution in [1.29, 1.82) is 0 Å². The maximum Gasteiger partial charge on any atom is 0.302 e. The highest BCUT2D eigenvalue weighted by atomic mass is 16.5. The lowest BCUT2D eigenvalue weighted by Gasteiger charge is -2.11. The quantitative estimate of drug-likeness (QED) is 0.746. The number of hydrogen-bond donors (Lipinski definition) is 1. The first-order valence-electron chi connectivity index (χ1n) is 7.52. The number of hydrogen-bond acceptors (Lipinski definition) is 4. The van der Waals surface area contributed by atoms with Crippen molar-refractivity contribution in [3.63, 3.8) is 0 Å². The molecule has 2 aromatic carbocycles. The molecular formula is C19H16N2O3. The molecule has 24 heavy (non-hydrogen) atoms. The normalized spacial score (nSPS) is 10.4. The van der Waals surface area contributed by atoms with E-state index in [0.717, 1.165) is 16.5 Å². The van der Waals surface area contributed by atoms with Gasteiger partial charge < -0.3 is 10.1 Å². The number of rotatable bonds is 4. The predicted octanol–water partition coefficient (Wildman–Crippen LogP) is 3.55. The summed E-state index contributed by atoms with van der Waals surface area (Å²) >= 11 is 0. The topological polar surface area (TPSA) is 68.3 Å². The van der Waals surface area contributed by atoms with Crippen molar-refractivity contribution in [1.82, 2.24) is 4.98 Å². The molecule has 0 saturated carbocycles. The molecule has 0 bridgehead atoms. The number of esters is 1. The van der Waals surface area contributed by atoms with Gasteiger partial charge in [-0.2, -0.15) is 0 Å². The number of para-hydroxylation sites is 2. The van der Waals surface area contributed by atoms with E-state index in [1.54, 1.807) is 24.3 Å². The van der Waals surface area contributed by atoms with E-state index < -0.39 is 0 Å². The Morgan fingerprint density at radius 3 is 2.58 bits per heavy atom. The lowest BCUT2D eigenvalue weighted by molar-refractivity contribution is -0.142. The highest BCUT2D eigenvalue weighted by Crippen LogP contribution is 2.18. The number of fused-ring (bicyclic) bond motifs is 1. The summed E-state index contributed by atoms with van der Waals surface area (Å²) in [5.41, 5.74) is 2.41.